The number of allylic oxidation sites excluding steroid dienone is 1. The second kappa shape index (κ2) is 11.2. The number of anilines is 3. The summed E-state index contributed by atoms with van der Waals surface area (Å²) in [6.07, 6.45) is 5.35. The molecule has 3 aromatic rings. The van der Waals surface area contributed by atoms with Gasteiger partial charge in [0.05, 0.1) is 12.2 Å². The van der Waals surface area contributed by atoms with Crippen LogP contribution in [-0.2, 0) is 6.54 Å². The van der Waals surface area contributed by atoms with Gasteiger partial charge in [0, 0.05) is 41.7 Å². The van der Waals surface area contributed by atoms with Gasteiger partial charge in [0.25, 0.3) is 0 Å². The van der Waals surface area contributed by atoms with Crippen molar-refractivity contribution in [3.8, 4) is 0 Å². The molecule has 3 aromatic heterocycles. The third kappa shape index (κ3) is 6.22. The Morgan fingerprint density at radius 2 is 2.06 bits per heavy atom. The van der Waals surface area contributed by atoms with E-state index in [4.69, 9.17) is 4.52 Å². The van der Waals surface area contributed by atoms with E-state index in [1.807, 2.05) is 32.9 Å². The van der Waals surface area contributed by atoms with Crippen molar-refractivity contribution in [1.82, 2.24) is 25.3 Å². The summed E-state index contributed by atoms with van der Waals surface area (Å²) in [5, 5.41) is 17.7. The molecule has 1 saturated carbocycles. The first-order chi connectivity index (χ1) is 15.6. The molecule has 3 N–H and O–H groups in total. The van der Waals surface area contributed by atoms with Gasteiger partial charge in [-0.3, -0.25) is 10.1 Å². The maximum Gasteiger partial charge on any atom is 0.225 e. The Kier molecular flexibility index (Phi) is 8.07. The third-order valence-corrected chi connectivity index (χ3v) is 4.54. The van der Waals surface area contributed by atoms with Crippen LogP contribution in [0.3, 0.4) is 0 Å². The topological polar surface area (TPSA) is 117 Å². The van der Waals surface area contributed by atoms with E-state index in [1.165, 1.54) is 19.1 Å². The lowest BCUT2D eigenvalue weighted by molar-refractivity contribution is 0.386. The molecule has 0 bridgehead atoms. The number of rotatable bonds is 9. The minimum absolute atomic E-state index is 0.341. The molecule has 10 heteroatoms. The van der Waals surface area contributed by atoms with Gasteiger partial charge in [0.1, 0.15) is 18.2 Å². The number of hydrogen-bond donors (Lipinski definition) is 3. The highest BCUT2D eigenvalue weighted by atomic mass is 19.1. The van der Waals surface area contributed by atoms with Crippen LogP contribution in [0, 0.1) is 6.92 Å². The summed E-state index contributed by atoms with van der Waals surface area (Å²) in [6, 6.07) is 5.61. The van der Waals surface area contributed by atoms with Gasteiger partial charge in [-0.05, 0) is 26.7 Å². The first-order valence-electron chi connectivity index (χ1n) is 10.8. The van der Waals surface area contributed by atoms with Gasteiger partial charge in [-0.2, -0.15) is 10.1 Å². The van der Waals surface area contributed by atoms with Crippen LogP contribution >= 0.6 is 0 Å². The molecular weight excluding hydrogens is 411 g/mol. The zero-order valence-electron chi connectivity index (χ0n) is 18.8. The van der Waals surface area contributed by atoms with E-state index in [2.05, 4.69) is 40.9 Å². The maximum atomic E-state index is 12.3. The van der Waals surface area contributed by atoms with Gasteiger partial charge >= 0.3 is 0 Å². The van der Waals surface area contributed by atoms with Gasteiger partial charge < -0.3 is 15.2 Å². The highest BCUT2D eigenvalue weighted by Gasteiger charge is 2.25. The normalized spacial score (nSPS) is 13.7. The van der Waals surface area contributed by atoms with E-state index in [0.717, 1.165) is 17.2 Å². The summed E-state index contributed by atoms with van der Waals surface area (Å²) >= 11 is 0. The van der Waals surface area contributed by atoms with Crippen LogP contribution in [0.4, 0.5) is 22.0 Å². The van der Waals surface area contributed by atoms with Gasteiger partial charge in [-0.1, -0.05) is 25.1 Å². The Labute approximate surface area is 186 Å². The lowest BCUT2D eigenvalue weighted by Crippen LogP contribution is -2.06. The highest BCUT2D eigenvalue weighted by molar-refractivity contribution is 5.72. The second-order valence-corrected chi connectivity index (χ2v) is 7.00. The average molecular weight is 441 g/mol. The van der Waals surface area contributed by atoms with Crippen LogP contribution in [0.2, 0.25) is 0 Å². The number of H-pyrrole nitrogens is 1. The van der Waals surface area contributed by atoms with Crippen molar-refractivity contribution in [3.05, 3.63) is 47.1 Å². The van der Waals surface area contributed by atoms with Gasteiger partial charge in [-0.25, -0.2) is 9.37 Å². The number of nitrogens with one attached hydrogen (secondary N) is 3. The van der Waals surface area contributed by atoms with Crippen LogP contribution < -0.4 is 10.6 Å². The molecule has 1 aliphatic carbocycles. The van der Waals surface area contributed by atoms with Crippen molar-refractivity contribution < 1.29 is 8.91 Å². The largest absolute Gasteiger partial charge is 0.359 e. The molecule has 0 aromatic carbocycles. The van der Waals surface area contributed by atoms with Crippen LogP contribution in [0.1, 0.15) is 62.4 Å². The van der Waals surface area contributed by atoms with Crippen molar-refractivity contribution in [2.45, 2.75) is 53.0 Å². The first kappa shape index (κ1) is 23.1. The number of aryl methyl sites for hydroxylation is 1. The monoisotopic (exact) mass is 440 g/mol. The van der Waals surface area contributed by atoms with Gasteiger partial charge in [-0.15, -0.1) is 0 Å². The molecule has 0 spiro atoms. The smallest absolute Gasteiger partial charge is 0.225 e. The fourth-order valence-corrected chi connectivity index (χ4v) is 2.95. The Hall–Kier alpha value is -3.56. The summed E-state index contributed by atoms with van der Waals surface area (Å²) in [4.78, 5) is 12.9. The van der Waals surface area contributed by atoms with E-state index in [9.17, 15) is 4.39 Å². The van der Waals surface area contributed by atoms with Gasteiger partial charge in [0.2, 0.25) is 5.95 Å². The fraction of sp³-hybridized carbons (Fsp3) is 0.409. The summed E-state index contributed by atoms with van der Waals surface area (Å²) in [7, 11) is 0. The van der Waals surface area contributed by atoms with Crippen molar-refractivity contribution in [2.75, 3.05) is 17.3 Å². The first-order valence-corrected chi connectivity index (χ1v) is 10.8. The predicted molar refractivity (Wildman–Crippen MR) is 124 cm³/mol. The van der Waals surface area contributed by atoms with E-state index >= 15 is 0 Å². The molecular formula is C22H29FN8O. The minimum Gasteiger partial charge on any atom is -0.359 e. The molecule has 0 aliphatic heterocycles. The molecule has 0 radical (unpaired) electrons. The summed E-state index contributed by atoms with van der Waals surface area (Å²) in [6.45, 7) is 7.41. The second-order valence-electron chi connectivity index (χ2n) is 7.00. The lowest BCUT2D eigenvalue weighted by atomic mass is 10.3. The summed E-state index contributed by atoms with van der Waals surface area (Å²) in [5.41, 5.74) is 3.05. The standard InChI is InChI=1S/C20H23FN8O.C2H6/c1-3-15(22-7-6-21)17-9-14(30-29-17)11-23-20-24-12(2)8-18(26-20)25-19-10-16(27-28-19)13-4-5-13;1-2/h3,7-10,13H,4-6,11H2,1-2H3,(H3,23,24,25,26,27,28);1-2H3/b15-3-,22-7?;. The molecule has 1 fully saturated rings. The molecule has 0 amide bonds. The molecule has 3 heterocycles. The van der Waals surface area contributed by atoms with Crippen molar-refractivity contribution in [3.63, 3.8) is 0 Å². The maximum absolute atomic E-state index is 12.3. The number of aromatic amines is 1. The van der Waals surface area contributed by atoms with E-state index in [0.29, 0.717) is 41.4 Å². The third-order valence-electron chi connectivity index (χ3n) is 4.54. The number of aliphatic imine (C=N–C) groups is 1. The van der Waals surface area contributed by atoms with Gasteiger partial charge in [0.15, 0.2) is 11.6 Å². The van der Waals surface area contributed by atoms with Crippen molar-refractivity contribution in [2.24, 2.45) is 4.99 Å². The molecule has 32 heavy (non-hydrogen) atoms. The zero-order chi connectivity index (χ0) is 22.9. The lowest BCUT2D eigenvalue weighted by Gasteiger charge is -2.07. The number of nitrogens with zero attached hydrogens (tertiary/aromatic N) is 5. The zero-order valence-corrected chi connectivity index (χ0v) is 18.8. The summed E-state index contributed by atoms with van der Waals surface area (Å²) in [5.74, 6) is 3.02. The number of alkyl halides is 1. The Bertz CT molecular complexity index is 1070. The molecule has 0 atom stereocenters. The quantitative estimate of drug-likeness (QED) is 0.394. The SMILES string of the molecule is C/C=C(\N=CCF)c1cc(CNc2nc(C)cc(Nc3cc(C4CC4)[nH]n3)n2)on1.CC. The molecule has 9 nitrogen and oxygen atoms in total. The molecule has 4 rings (SSSR count). The molecule has 1 aliphatic rings. The molecule has 170 valence electrons. The number of hydrogen-bond acceptors (Lipinski definition) is 8. The minimum atomic E-state index is -0.634. The van der Waals surface area contributed by atoms with Crippen LogP contribution in [0.5, 0.6) is 0 Å². The van der Waals surface area contributed by atoms with E-state index in [1.54, 1.807) is 19.1 Å². The van der Waals surface area contributed by atoms with Crippen LogP contribution in [0.25, 0.3) is 5.70 Å². The Morgan fingerprint density at radius 1 is 1.25 bits per heavy atom. The van der Waals surface area contributed by atoms with E-state index in [-0.39, 0.29) is 0 Å². The molecule has 0 unspecified atom stereocenters. The number of halogens is 1. The number of aromatic nitrogens is 5. The average Bonchev–Trinajstić information content (AvgIpc) is 3.36. The predicted octanol–water partition coefficient (Wildman–Crippen LogP) is 5.16. The fourth-order valence-electron chi connectivity index (χ4n) is 2.95. The van der Waals surface area contributed by atoms with E-state index < -0.39 is 6.67 Å². The Morgan fingerprint density at radius 3 is 2.78 bits per heavy atom. The Balaban J connectivity index is 0.00000141. The van der Waals surface area contributed by atoms with Crippen LogP contribution in [0.15, 0.2) is 33.8 Å². The molecule has 0 saturated heterocycles. The van der Waals surface area contributed by atoms with Crippen molar-refractivity contribution >= 4 is 29.5 Å². The van der Waals surface area contributed by atoms with Crippen molar-refractivity contribution in [1.29, 1.82) is 0 Å². The summed E-state index contributed by atoms with van der Waals surface area (Å²) < 4.78 is 17.6. The van der Waals surface area contributed by atoms with Crippen LogP contribution in [-0.4, -0.2) is 38.2 Å². The highest BCUT2D eigenvalue weighted by Crippen LogP contribution is 2.39.